The maximum absolute atomic E-state index is 12.8. The lowest BCUT2D eigenvalue weighted by Gasteiger charge is -2.07. The third-order valence-corrected chi connectivity index (χ3v) is 3.69. The Bertz CT molecular complexity index is 1010. The van der Waals surface area contributed by atoms with Crippen LogP contribution in [0, 0.1) is 0 Å². The largest absolute Gasteiger partial charge is 0.855 e. The van der Waals surface area contributed by atoms with E-state index < -0.39 is 17.4 Å². The summed E-state index contributed by atoms with van der Waals surface area (Å²) in [6.07, 6.45) is 0. The Labute approximate surface area is 155 Å². The summed E-state index contributed by atoms with van der Waals surface area (Å²) in [6, 6.07) is 17.3. The van der Waals surface area contributed by atoms with E-state index in [0.717, 1.165) is 4.68 Å². The summed E-state index contributed by atoms with van der Waals surface area (Å²) in [4.78, 5) is 28.7. The smallest absolute Gasteiger partial charge is 0.406 e. The number of hydrogen-bond acceptors (Lipinski definition) is 5. The zero-order chi connectivity index (χ0) is 19.2. The predicted molar refractivity (Wildman–Crippen MR) is 95.9 cm³/mol. The van der Waals surface area contributed by atoms with Crippen molar-refractivity contribution < 1.29 is 19.3 Å². The summed E-state index contributed by atoms with van der Waals surface area (Å²) in [7, 11) is 0. The molecule has 8 nitrogen and oxygen atoms in total. The van der Waals surface area contributed by atoms with Gasteiger partial charge in [-0.25, -0.2) is 9.59 Å². The average Bonchev–Trinajstić information content (AvgIpc) is 2.99. The van der Waals surface area contributed by atoms with Crippen LogP contribution in [0.1, 0.15) is 12.6 Å². The molecule has 3 rings (SSSR count). The summed E-state index contributed by atoms with van der Waals surface area (Å²) in [5.74, 6) is -1.32. The van der Waals surface area contributed by atoms with Crippen LogP contribution in [0.25, 0.3) is 5.69 Å². The number of para-hydroxylation sites is 2. The second-order valence-corrected chi connectivity index (χ2v) is 5.57. The summed E-state index contributed by atoms with van der Waals surface area (Å²) in [5.41, 5.74) is 0.0851. The summed E-state index contributed by atoms with van der Waals surface area (Å²) in [5, 5.41) is 15.4. The zero-order valence-corrected chi connectivity index (χ0v) is 14.7. The van der Waals surface area contributed by atoms with Crippen molar-refractivity contribution in [3.63, 3.8) is 0 Å². The molecule has 1 N–H and O–H groups in total. The van der Waals surface area contributed by atoms with Crippen molar-refractivity contribution in [2.45, 2.75) is 13.5 Å². The highest BCUT2D eigenvalue weighted by atomic mass is 16.5. The fourth-order valence-electron chi connectivity index (χ4n) is 2.52. The van der Waals surface area contributed by atoms with Gasteiger partial charge in [0.2, 0.25) is 12.2 Å². The molecule has 0 bridgehead atoms. The first-order valence-corrected chi connectivity index (χ1v) is 8.37. The van der Waals surface area contributed by atoms with Crippen molar-refractivity contribution >= 4 is 17.6 Å². The number of H-pyrrole nitrogens is 1. The number of nitrogens with zero attached hydrogens (tertiary/aromatic N) is 3. The van der Waals surface area contributed by atoms with Crippen LogP contribution < -0.4 is 15.3 Å². The molecule has 0 aliphatic rings. The first-order chi connectivity index (χ1) is 13.1. The fourth-order valence-corrected chi connectivity index (χ4v) is 2.52. The number of aliphatic imine (C=N–C) groups is 1. The molecule has 0 aliphatic carbocycles. The van der Waals surface area contributed by atoms with E-state index in [9.17, 15) is 14.7 Å². The lowest BCUT2D eigenvalue weighted by Crippen LogP contribution is -2.49. The molecule has 8 heteroatoms. The molecule has 0 aliphatic heterocycles. The summed E-state index contributed by atoms with van der Waals surface area (Å²) in [6.45, 7) is 1.56. The number of carbonyl (C=O) groups is 1. The van der Waals surface area contributed by atoms with Gasteiger partial charge in [-0.1, -0.05) is 46.3 Å². The topological polar surface area (TPSA) is 103 Å². The number of ether oxygens (including phenoxy) is 1. The van der Waals surface area contributed by atoms with Gasteiger partial charge in [0.05, 0.1) is 12.3 Å². The van der Waals surface area contributed by atoms with Crippen molar-refractivity contribution in [3.8, 4) is 5.69 Å². The highest BCUT2D eigenvalue weighted by Gasteiger charge is 2.25. The molecule has 0 amide bonds. The lowest BCUT2D eigenvalue weighted by atomic mass is 10.3. The van der Waals surface area contributed by atoms with Crippen LogP contribution in [0.4, 0.5) is 5.69 Å². The number of esters is 1. The molecule has 2 aromatic carbocycles. The zero-order valence-electron chi connectivity index (χ0n) is 14.7. The normalized spacial score (nSPS) is 11.4. The maximum atomic E-state index is 12.8. The Hall–Kier alpha value is -3.68. The highest BCUT2D eigenvalue weighted by Crippen LogP contribution is 2.10. The molecule has 27 heavy (non-hydrogen) atoms. The van der Waals surface area contributed by atoms with Crippen molar-refractivity contribution in [1.82, 2.24) is 9.90 Å². The molecular weight excluding hydrogens is 348 g/mol. The number of aromatic amines is 1. The van der Waals surface area contributed by atoms with Gasteiger partial charge in [0.25, 0.3) is 0 Å². The summed E-state index contributed by atoms with van der Waals surface area (Å²) < 4.78 is 7.26. The molecule has 0 saturated carbocycles. The molecule has 0 fully saturated rings. The molecule has 3 aromatic rings. The van der Waals surface area contributed by atoms with E-state index in [0.29, 0.717) is 11.4 Å². The molecule has 1 aromatic heterocycles. The van der Waals surface area contributed by atoms with Crippen LogP contribution in [0.2, 0.25) is 0 Å². The van der Waals surface area contributed by atoms with Crippen LogP contribution in [-0.2, 0) is 16.1 Å². The molecule has 0 atom stereocenters. The van der Waals surface area contributed by atoms with Gasteiger partial charge in [-0.05, 0) is 31.2 Å². The first-order valence-electron chi connectivity index (χ1n) is 8.37. The molecular formula is C19H18N4O4. The van der Waals surface area contributed by atoms with E-state index >= 15 is 0 Å². The van der Waals surface area contributed by atoms with Gasteiger partial charge in [-0.2, -0.15) is 0 Å². The standard InChI is InChI=1S/C19H18N4O4/c1-2-27-16(24)13-22-17(18(25)20-14-9-5-3-6-10-14)19(26)23(21-22)15-11-7-4-8-12-15/h3-12H,2,13H2,1H3,(H-,20,21,25,26). The fraction of sp³-hybridized carbons (Fsp3) is 0.158. The SMILES string of the molecule is CCOC(=O)C[n+]1[nH]n(-c2ccccc2)c(=O)c1C([O-])=Nc1ccccc1. The average molecular weight is 366 g/mol. The van der Waals surface area contributed by atoms with Crippen LogP contribution in [0.15, 0.2) is 70.5 Å². The first kappa shape index (κ1) is 18.1. The summed E-state index contributed by atoms with van der Waals surface area (Å²) >= 11 is 0. The number of hydrogen-bond donors (Lipinski definition) is 1. The Morgan fingerprint density at radius 2 is 1.78 bits per heavy atom. The molecule has 0 spiro atoms. The predicted octanol–water partition coefficient (Wildman–Crippen LogP) is 0.455. The Morgan fingerprint density at radius 1 is 1.15 bits per heavy atom. The molecule has 0 radical (unpaired) electrons. The Morgan fingerprint density at radius 3 is 2.41 bits per heavy atom. The highest BCUT2D eigenvalue weighted by molar-refractivity contribution is 5.89. The Balaban J connectivity index is 2.10. The van der Waals surface area contributed by atoms with Crippen molar-refractivity contribution in [3.05, 3.63) is 76.7 Å². The number of rotatable bonds is 6. The van der Waals surface area contributed by atoms with E-state index in [1.54, 1.807) is 67.6 Å². The van der Waals surface area contributed by atoms with E-state index in [-0.39, 0.29) is 18.8 Å². The number of nitrogens with one attached hydrogen (secondary N) is 1. The third kappa shape index (κ3) is 4.12. The number of benzene rings is 2. The van der Waals surface area contributed by atoms with E-state index in [1.165, 1.54) is 4.68 Å². The molecule has 138 valence electrons. The lowest BCUT2D eigenvalue weighted by molar-refractivity contribution is -0.747. The minimum absolute atomic E-state index is 0.195. The van der Waals surface area contributed by atoms with Gasteiger partial charge >= 0.3 is 11.5 Å². The minimum atomic E-state index is -0.749. The van der Waals surface area contributed by atoms with Crippen molar-refractivity contribution in [2.75, 3.05) is 6.61 Å². The minimum Gasteiger partial charge on any atom is -0.855 e. The number of aromatic nitrogens is 3. The van der Waals surface area contributed by atoms with Crippen LogP contribution in [0.5, 0.6) is 0 Å². The number of carbonyl (C=O) groups excluding carboxylic acids is 1. The van der Waals surface area contributed by atoms with E-state index in [2.05, 4.69) is 10.2 Å². The van der Waals surface area contributed by atoms with Crippen molar-refractivity contribution in [2.24, 2.45) is 4.99 Å². The van der Waals surface area contributed by atoms with E-state index in [4.69, 9.17) is 4.74 Å². The maximum Gasteiger partial charge on any atom is 0.406 e. The molecule has 0 saturated heterocycles. The van der Waals surface area contributed by atoms with Crippen LogP contribution >= 0.6 is 0 Å². The van der Waals surface area contributed by atoms with Gasteiger partial charge in [-0.3, -0.25) is 4.99 Å². The second-order valence-electron chi connectivity index (χ2n) is 5.57. The van der Waals surface area contributed by atoms with Gasteiger partial charge < -0.3 is 9.84 Å². The van der Waals surface area contributed by atoms with Crippen molar-refractivity contribution in [1.29, 1.82) is 0 Å². The monoisotopic (exact) mass is 366 g/mol. The van der Waals surface area contributed by atoms with Crippen LogP contribution in [-0.4, -0.2) is 28.4 Å². The van der Waals surface area contributed by atoms with E-state index in [1.807, 2.05) is 0 Å². The molecule has 1 heterocycles. The van der Waals surface area contributed by atoms with Gasteiger partial charge in [-0.15, -0.1) is 4.68 Å². The Kier molecular flexibility index (Phi) is 5.46. The third-order valence-electron chi connectivity index (χ3n) is 3.69. The quantitative estimate of drug-likeness (QED) is 0.296. The molecule has 0 unspecified atom stereocenters. The van der Waals surface area contributed by atoms with Gasteiger partial charge in [0.1, 0.15) is 0 Å². The second kappa shape index (κ2) is 8.13. The van der Waals surface area contributed by atoms with Crippen LogP contribution in [0.3, 0.4) is 0 Å². The van der Waals surface area contributed by atoms with Gasteiger partial charge in [0.15, 0.2) is 5.69 Å². The van der Waals surface area contributed by atoms with Gasteiger partial charge in [0, 0.05) is 5.90 Å².